The number of rotatable bonds is 4. The Kier molecular flexibility index (Phi) is 6.90. The van der Waals surface area contributed by atoms with E-state index >= 15 is 0 Å². The Morgan fingerprint density at radius 2 is 1.70 bits per heavy atom. The summed E-state index contributed by atoms with van der Waals surface area (Å²) in [5.74, 6) is -0.190. The van der Waals surface area contributed by atoms with E-state index in [4.69, 9.17) is 14.2 Å². The van der Waals surface area contributed by atoms with E-state index in [1.165, 1.54) is 31.4 Å². The summed E-state index contributed by atoms with van der Waals surface area (Å²) in [6.07, 6.45) is -4.67. The predicted molar refractivity (Wildman–Crippen MR) is 115 cm³/mol. The highest BCUT2D eigenvalue weighted by atomic mass is 19.4. The number of benzene rings is 2. The Morgan fingerprint density at radius 1 is 1.03 bits per heavy atom. The van der Waals surface area contributed by atoms with Crippen molar-refractivity contribution in [2.24, 2.45) is 0 Å². The van der Waals surface area contributed by atoms with Crippen LogP contribution in [-0.2, 0) is 15.7 Å². The largest absolute Gasteiger partial charge is 0.488 e. The minimum Gasteiger partial charge on any atom is -0.488 e. The zero-order chi connectivity index (χ0) is 24.4. The number of hydrogen-bond acceptors (Lipinski definition) is 5. The number of ether oxygens (including phenoxy) is 3. The Bertz CT molecular complexity index is 1010. The monoisotopic (exact) mass is 465 g/mol. The molecule has 1 heterocycles. The van der Waals surface area contributed by atoms with Gasteiger partial charge in [-0.05, 0) is 56.7 Å². The van der Waals surface area contributed by atoms with Crippen LogP contribution >= 0.6 is 0 Å². The summed E-state index contributed by atoms with van der Waals surface area (Å²) in [5, 5.41) is 0. The molecule has 3 rings (SSSR count). The van der Waals surface area contributed by atoms with Gasteiger partial charge in [-0.25, -0.2) is 9.59 Å². The van der Waals surface area contributed by atoms with E-state index in [0.29, 0.717) is 36.4 Å². The molecule has 0 bridgehead atoms. The molecule has 0 radical (unpaired) electrons. The topological polar surface area (TPSA) is 65.1 Å². The molecule has 1 aliphatic rings. The maximum absolute atomic E-state index is 13.0. The molecule has 0 N–H and O–H groups in total. The van der Waals surface area contributed by atoms with Crippen molar-refractivity contribution in [3.63, 3.8) is 0 Å². The molecule has 2 aromatic carbocycles. The average Bonchev–Trinajstić information content (AvgIpc) is 3.20. The number of halogens is 3. The highest BCUT2D eigenvalue weighted by molar-refractivity contribution is 5.92. The zero-order valence-corrected chi connectivity index (χ0v) is 18.9. The first-order chi connectivity index (χ1) is 15.4. The molecule has 1 aliphatic heterocycles. The number of esters is 1. The molecule has 0 saturated carbocycles. The van der Waals surface area contributed by atoms with Crippen molar-refractivity contribution in [1.29, 1.82) is 0 Å². The third-order valence-electron chi connectivity index (χ3n) is 5.01. The van der Waals surface area contributed by atoms with Gasteiger partial charge in [0, 0.05) is 18.5 Å². The van der Waals surface area contributed by atoms with Crippen molar-refractivity contribution in [3.05, 3.63) is 53.6 Å². The molecule has 0 unspecified atom stereocenters. The molecule has 178 valence electrons. The lowest BCUT2D eigenvalue weighted by molar-refractivity contribution is -0.137. The third kappa shape index (κ3) is 6.18. The predicted octanol–water partition coefficient (Wildman–Crippen LogP) is 5.55. The molecular formula is C24H26F3NO5. The number of carbonyl (C=O) groups is 2. The summed E-state index contributed by atoms with van der Waals surface area (Å²) in [6.45, 7) is 6.12. The van der Waals surface area contributed by atoms with Crippen LogP contribution in [0.2, 0.25) is 0 Å². The lowest BCUT2D eigenvalue weighted by Gasteiger charge is -2.24. The summed E-state index contributed by atoms with van der Waals surface area (Å²) >= 11 is 0. The Labute approximate surface area is 190 Å². The standard InChI is InChI=1S/C24H26F3NO5/c1-23(2,3)33-22(30)28-12-11-18(14-28)32-20-10-7-16(21(29)31-4)13-19(20)15-5-8-17(9-6-15)24(25,26)27/h5-10,13,18H,11-12,14H2,1-4H3/t18-/m0/s1. The second-order valence-corrected chi connectivity index (χ2v) is 8.73. The fourth-order valence-corrected chi connectivity index (χ4v) is 3.44. The minimum absolute atomic E-state index is 0.238. The van der Waals surface area contributed by atoms with Crippen LogP contribution in [0.4, 0.5) is 18.0 Å². The summed E-state index contributed by atoms with van der Waals surface area (Å²) in [4.78, 5) is 25.9. The molecule has 0 aromatic heterocycles. The zero-order valence-electron chi connectivity index (χ0n) is 18.9. The number of methoxy groups -OCH3 is 1. The van der Waals surface area contributed by atoms with Gasteiger partial charge in [0.2, 0.25) is 0 Å². The van der Waals surface area contributed by atoms with Crippen molar-refractivity contribution in [2.45, 2.75) is 45.1 Å². The summed E-state index contributed by atoms with van der Waals surface area (Å²) < 4.78 is 55.2. The average molecular weight is 465 g/mol. The molecule has 1 amide bonds. The molecule has 6 nitrogen and oxygen atoms in total. The Hall–Kier alpha value is -3.23. The molecule has 1 atom stereocenters. The molecular weight excluding hydrogens is 439 g/mol. The van der Waals surface area contributed by atoms with E-state index < -0.39 is 29.4 Å². The molecule has 33 heavy (non-hydrogen) atoms. The van der Waals surface area contributed by atoms with E-state index in [1.807, 2.05) is 0 Å². The SMILES string of the molecule is COC(=O)c1ccc(O[C@H]2CCN(C(=O)OC(C)(C)C)C2)c(-c2ccc(C(F)(F)F)cc2)c1. The Morgan fingerprint density at radius 3 is 2.27 bits per heavy atom. The number of amides is 1. The van der Waals surface area contributed by atoms with Gasteiger partial charge in [0.25, 0.3) is 0 Å². The smallest absolute Gasteiger partial charge is 0.416 e. The lowest BCUT2D eigenvalue weighted by atomic mass is 10.00. The number of carbonyl (C=O) groups excluding carboxylic acids is 2. The summed E-state index contributed by atoms with van der Waals surface area (Å²) in [7, 11) is 1.24. The maximum atomic E-state index is 13.0. The number of nitrogens with zero attached hydrogens (tertiary/aromatic N) is 1. The van der Waals surface area contributed by atoms with Gasteiger partial charge in [-0.3, -0.25) is 0 Å². The fraction of sp³-hybridized carbons (Fsp3) is 0.417. The van der Waals surface area contributed by atoms with Crippen LogP contribution in [0.15, 0.2) is 42.5 Å². The van der Waals surface area contributed by atoms with Gasteiger partial charge in [-0.15, -0.1) is 0 Å². The van der Waals surface area contributed by atoms with E-state index in [-0.39, 0.29) is 11.7 Å². The van der Waals surface area contributed by atoms with Crippen molar-refractivity contribution in [2.75, 3.05) is 20.2 Å². The van der Waals surface area contributed by atoms with Crippen LogP contribution in [0.25, 0.3) is 11.1 Å². The van der Waals surface area contributed by atoms with Crippen LogP contribution in [0.5, 0.6) is 5.75 Å². The van der Waals surface area contributed by atoms with Crippen LogP contribution in [-0.4, -0.2) is 48.9 Å². The molecule has 1 saturated heterocycles. The van der Waals surface area contributed by atoms with E-state index in [0.717, 1.165) is 12.1 Å². The highest BCUT2D eigenvalue weighted by Crippen LogP contribution is 2.36. The molecule has 0 spiro atoms. The summed E-state index contributed by atoms with van der Waals surface area (Å²) in [5.41, 5.74) is -0.258. The Balaban J connectivity index is 1.85. The highest BCUT2D eigenvalue weighted by Gasteiger charge is 2.32. The van der Waals surface area contributed by atoms with E-state index in [9.17, 15) is 22.8 Å². The van der Waals surface area contributed by atoms with Crippen molar-refractivity contribution in [1.82, 2.24) is 4.90 Å². The van der Waals surface area contributed by atoms with Gasteiger partial charge in [-0.2, -0.15) is 13.2 Å². The molecule has 2 aromatic rings. The van der Waals surface area contributed by atoms with Gasteiger partial charge < -0.3 is 19.1 Å². The van der Waals surface area contributed by atoms with E-state index in [1.54, 1.807) is 31.7 Å². The lowest BCUT2D eigenvalue weighted by Crippen LogP contribution is -2.36. The maximum Gasteiger partial charge on any atom is 0.416 e. The second-order valence-electron chi connectivity index (χ2n) is 8.73. The molecule has 0 aliphatic carbocycles. The van der Waals surface area contributed by atoms with Gasteiger partial charge in [0.1, 0.15) is 17.5 Å². The van der Waals surface area contributed by atoms with Gasteiger partial charge >= 0.3 is 18.2 Å². The van der Waals surface area contributed by atoms with Gasteiger partial charge in [-0.1, -0.05) is 12.1 Å². The summed E-state index contributed by atoms with van der Waals surface area (Å²) in [6, 6.07) is 9.23. The minimum atomic E-state index is -4.46. The molecule has 9 heteroatoms. The molecule has 1 fully saturated rings. The number of likely N-dealkylation sites (tertiary alicyclic amines) is 1. The van der Waals surface area contributed by atoms with Gasteiger partial charge in [0.15, 0.2) is 0 Å². The normalized spacial score (nSPS) is 16.5. The second kappa shape index (κ2) is 9.33. The van der Waals surface area contributed by atoms with Crippen LogP contribution < -0.4 is 4.74 Å². The van der Waals surface area contributed by atoms with Crippen LogP contribution in [0.1, 0.15) is 43.1 Å². The first-order valence-corrected chi connectivity index (χ1v) is 10.4. The first-order valence-electron chi connectivity index (χ1n) is 10.4. The van der Waals surface area contributed by atoms with Crippen LogP contribution in [0, 0.1) is 0 Å². The number of alkyl halides is 3. The fourth-order valence-electron chi connectivity index (χ4n) is 3.44. The van der Waals surface area contributed by atoms with Crippen molar-refractivity contribution >= 4 is 12.1 Å². The number of hydrogen-bond donors (Lipinski definition) is 0. The quantitative estimate of drug-likeness (QED) is 0.554. The van der Waals surface area contributed by atoms with Crippen molar-refractivity contribution in [3.8, 4) is 16.9 Å². The van der Waals surface area contributed by atoms with Crippen LogP contribution in [0.3, 0.4) is 0 Å². The first kappa shape index (κ1) is 24.4. The van der Waals surface area contributed by atoms with Gasteiger partial charge in [0.05, 0.1) is 24.8 Å². The van der Waals surface area contributed by atoms with E-state index in [2.05, 4.69) is 0 Å². The van der Waals surface area contributed by atoms with Crippen molar-refractivity contribution < 1.29 is 37.0 Å². The third-order valence-corrected chi connectivity index (χ3v) is 5.01.